The molecule has 0 amide bonds. The molecular formula is C20H11Cl2N3O3. The minimum Gasteiger partial charge on any atom is -0.436 e. The van der Waals surface area contributed by atoms with E-state index in [0.29, 0.717) is 38.3 Å². The van der Waals surface area contributed by atoms with E-state index in [1.54, 1.807) is 54.7 Å². The van der Waals surface area contributed by atoms with Gasteiger partial charge in [0.2, 0.25) is 5.89 Å². The van der Waals surface area contributed by atoms with Crippen molar-refractivity contribution in [2.45, 2.75) is 0 Å². The Hall–Kier alpha value is -3.22. The smallest absolute Gasteiger partial charge is 0.269 e. The number of benzene rings is 3. The Morgan fingerprint density at radius 2 is 1.82 bits per heavy atom. The largest absolute Gasteiger partial charge is 0.436 e. The highest BCUT2D eigenvalue weighted by atomic mass is 35.5. The fourth-order valence-corrected chi connectivity index (χ4v) is 2.97. The summed E-state index contributed by atoms with van der Waals surface area (Å²) >= 11 is 12.2. The number of nitrogens with zero attached hydrogens (tertiary/aromatic N) is 3. The molecule has 1 aromatic heterocycles. The van der Waals surface area contributed by atoms with Crippen LogP contribution in [0.25, 0.3) is 22.6 Å². The zero-order valence-corrected chi connectivity index (χ0v) is 15.7. The number of fused-ring (bicyclic) bond motifs is 1. The number of oxazole rings is 1. The van der Waals surface area contributed by atoms with E-state index < -0.39 is 4.92 Å². The summed E-state index contributed by atoms with van der Waals surface area (Å²) < 4.78 is 5.77. The van der Waals surface area contributed by atoms with Crippen LogP contribution in [0.15, 0.2) is 70.1 Å². The third-order valence-electron chi connectivity index (χ3n) is 4.00. The third-order valence-corrected chi connectivity index (χ3v) is 4.56. The summed E-state index contributed by atoms with van der Waals surface area (Å²) in [7, 11) is 0. The Bertz CT molecular complexity index is 1220. The van der Waals surface area contributed by atoms with Crippen LogP contribution in [0, 0.1) is 10.1 Å². The number of aliphatic imine (C=N–C) groups is 1. The van der Waals surface area contributed by atoms with Gasteiger partial charge in [-0.1, -0.05) is 23.2 Å². The Labute approximate surface area is 169 Å². The number of halogens is 2. The topological polar surface area (TPSA) is 81.5 Å². The molecule has 0 fully saturated rings. The summed E-state index contributed by atoms with van der Waals surface area (Å²) in [5.74, 6) is 0.374. The minimum absolute atomic E-state index is 0.0355. The van der Waals surface area contributed by atoms with E-state index in [9.17, 15) is 10.1 Å². The molecule has 8 heteroatoms. The standard InChI is InChI=1S/C20H11Cl2N3O3/c21-13-3-7-17(22)16(9-13)20-24-18-10-14(4-8-19(18)28-20)23-11-12-1-5-15(6-2-12)25(26)27/h1-11H. The van der Waals surface area contributed by atoms with Crippen LogP contribution in [0.4, 0.5) is 11.4 Å². The molecule has 0 aliphatic carbocycles. The quantitative estimate of drug-likeness (QED) is 0.219. The van der Waals surface area contributed by atoms with Crippen LogP contribution in [-0.2, 0) is 0 Å². The second kappa shape index (κ2) is 7.42. The van der Waals surface area contributed by atoms with Gasteiger partial charge >= 0.3 is 0 Å². The second-order valence-corrected chi connectivity index (χ2v) is 6.75. The Balaban J connectivity index is 1.63. The van der Waals surface area contributed by atoms with Crippen LogP contribution in [-0.4, -0.2) is 16.1 Å². The molecular weight excluding hydrogens is 401 g/mol. The van der Waals surface area contributed by atoms with Crippen molar-refractivity contribution >= 4 is 51.9 Å². The van der Waals surface area contributed by atoms with Crippen LogP contribution in [0.2, 0.25) is 10.0 Å². The highest BCUT2D eigenvalue weighted by Gasteiger charge is 2.12. The highest BCUT2D eigenvalue weighted by Crippen LogP contribution is 2.33. The van der Waals surface area contributed by atoms with Crippen LogP contribution < -0.4 is 0 Å². The summed E-state index contributed by atoms with van der Waals surface area (Å²) in [6.07, 6.45) is 1.62. The first-order valence-electron chi connectivity index (χ1n) is 8.14. The average Bonchev–Trinajstić information content (AvgIpc) is 3.11. The summed E-state index contributed by atoms with van der Waals surface area (Å²) in [6.45, 7) is 0. The first-order valence-corrected chi connectivity index (χ1v) is 8.90. The molecule has 138 valence electrons. The first-order chi connectivity index (χ1) is 13.5. The van der Waals surface area contributed by atoms with E-state index in [4.69, 9.17) is 27.6 Å². The predicted molar refractivity (Wildman–Crippen MR) is 110 cm³/mol. The monoisotopic (exact) mass is 411 g/mol. The van der Waals surface area contributed by atoms with Gasteiger partial charge in [-0.05, 0) is 54.1 Å². The molecule has 6 nitrogen and oxygen atoms in total. The lowest BCUT2D eigenvalue weighted by Crippen LogP contribution is -1.88. The molecule has 4 aromatic rings. The van der Waals surface area contributed by atoms with Gasteiger partial charge in [0, 0.05) is 23.4 Å². The lowest BCUT2D eigenvalue weighted by molar-refractivity contribution is -0.384. The minimum atomic E-state index is -0.441. The van der Waals surface area contributed by atoms with Gasteiger partial charge in [0.1, 0.15) is 5.52 Å². The average molecular weight is 412 g/mol. The van der Waals surface area contributed by atoms with Gasteiger partial charge in [0.25, 0.3) is 5.69 Å². The van der Waals surface area contributed by atoms with Crippen molar-refractivity contribution in [1.29, 1.82) is 0 Å². The van der Waals surface area contributed by atoms with Crippen LogP contribution >= 0.6 is 23.2 Å². The van der Waals surface area contributed by atoms with Gasteiger partial charge < -0.3 is 4.42 Å². The first kappa shape index (κ1) is 18.2. The maximum atomic E-state index is 10.7. The Kier molecular flexibility index (Phi) is 4.81. The molecule has 0 saturated carbocycles. The SMILES string of the molecule is O=[N+]([O-])c1ccc(C=Nc2ccc3oc(-c4cc(Cl)ccc4Cl)nc3c2)cc1. The van der Waals surface area contributed by atoms with Crippen molar-refractivity contribution in [1.82, 2.24) is 4.98 Å². The third kappa shape index (κ3) is 3.74. The zero-order chi connectivity index (χ0) is 19.7. The van der Waals surface area contributed by atoms with E-state index in [1.807, 2.05) is 0 Å². The van der Waals surface area contributed by atoms with Crippen molar-refractivity contribution in [3.8, 4) is 11.5 Å². The molecule has 0 N–H and O–H groups in total. The summed E-state index contributed by atoms with van der Waals surface area (Å²) in [5, 5.41) is 11.7. The summed E-state index contributed by atoms with van der Waals surface area (Å²) in [4.78, 5) is 19.1. The van der Waals surface area contributed by atoms with Gasteiger partial charge in [-0.3, -0.25) is 15.1 Å². The molecule has 1 heterocycles. The summed E-state index contributed by atoms with van der Waals surface area (Å²) in [5.41, 5.74) is 3.29. The van der Waals surface area contributed by atoms with E-state index >= 15 is 0 Å². The van der Waals surface area contributed by atoms with Gasteiger partial charge in [-0.15, -0.1) is 0 Å². The number of non-ortho nitro benzene ring substituents is 1. The molecule has 4 rings (SSSR count). The van der Waals surface area contributed by atoms with Gasteiger partial charge in [0.15, 0.2) is 5.58 Å². The van der Waals surface area contributed by atoms with Crippen LogP contribution in [0.3, 0.4) is 0 Å². The predicted octanol–water partition coefficient (Wildman–Crippen LogP) is 6.46. The fraction of sp³-hybridized carbons (Fsp3) is 0. The van der Waals surface area contributed by atoms with Crippen LogP contribution in [0.1, 0.15) is 5.56 Å². The van der Waals surface area contributed by atoms with Crippen molar-refractivity contribution in [3.05, 3.63) is 86.4 Å². The number of hydrogen-bond acceptors (Lipinski definition) is 5. The highest BCUT2D eigenvalue weighted by molar-refractivity contribution is 6.35. The number of rotatable bonds is 4. The van der Waals surface area contributed by atoms with E-state index in [1.165, 1.54) is 12.1 Å². The van der Waals surface area contributed by atoms with Crippen molar-refractivity contribution < 1.29 is 9.34 Å². The Morgan fingerprint density at radius 1 is 1.04 bits per heavy atom. The maximum absolute atomic E-state index is 10.7. The maximum Gasteiger partial charge on any atom is 0.269 e. The molecule has 0 spiro atoms. The number of nitro groups is 1. The molecule has 0 unspecified atom stereocenters. The molecule has 0 aliphatic heterocycles. The number of hydrogen-bond donors (Lipinski definition) is 0. The van der Waals surface area contributed by atoms with Crippen LogP contribution in [0.5, 0.6) is 0 Å². The van der Waals surface area contributed by atoms with Crippen molar-refractivity contribution in [2.24, 2.45) is 4.99 Å². The molecule has 3 aromatic carbocycles. The molecule has 0 atom stereocenters. The molecule has 0 bridgehead atoms. The normalized spacial score (nSPS) is 11.4. The Morgan fingerprint density at radius 3 is 2.57 bits per heavy atom. The number of nitro benzene ring substituents is 1. The van der Waals surface area contributed by atoms with Crippen molar-refractivity contribution in [2.75, 3.05) is 0 Å². The van der Waals surface area contributed by atoms with Gasteiger partial charge in [0.05, 0.1) is 21.2 Å². The lowest BCUT2D eigenvalue weighted by atomic mass is 10.2. The van der Waals surface area contributed by atoms with E-state index in [2.05, 4.69) is 9.98 Å². The van der Waals surface area contributed by atoms with Gasteiger partial charge in [-0.2, -0.15) is 0 Å². The molecule has 0 aliphatic rings. The van der Waals surface area contributed by atoms with Crippen molar-refractivity contribution in [3.63, 3.8) is 0 Å². The van der Waals surface area contributed by atoms with Gasteiger partial charge in [-0.25, -0.2) is 4.98 Å². The van der Waals surface area contributed by atoms with E-state index in [-0.39, 0.29) is 5.69 Å². The van der Waals surface area contributed by atoms with E-state index in [0.717, 1.165) is 5.56 Å². The number of aromatic nitrogens is 1. The molecule has 0 saturated heterocycles. The fourth-order valence-electron chi connectivity index (χ4n) is 2.60. The second-order valence-electron chi connectivity index (χ2n) is 5.90. The molecule has 28 heavy (non-hydrogen) atoms. The molecule has 0 radical (unpaired) electrons. The zero-order valence-electron chi connectivity index (χ0n) is 14.2. The summed E-state index contributed by atoms with van der Waals surface area (Å²) in [6, 6.07) is 16.6. The lowest BCUT2D eigenvalue weighted by Gasteiger charge is -1.99.